The highest BCUT2D eigenvalue weighted by Gasteiger charge is 2.19. The first kappa shape index (κ1) is 20.8. The maximum Gasteiger partial charge on any atom is 0.234 e. The minimum absolute atomic E-state index is 0.144. The molecule has 2 aromatic carbocycles. The van der Waals surface area contributed by atoms with Crippen molar-refractivity contribution in [1.29, 1.82) is 0 Å². The lowest BCUT2D eigenvalue weighted by atomic mass is 10.3. The number of methoxy groups -OCH3 is 1. The average Bonchev–Trinajstić information content (AvgIpc) is 3.50. The summed E-state index contributed by atoms with van der Waals surface area (Å²) in [7, 11) is 1.62. The molecule has 5 rings (SSSR count). The molecule has 0 radical (unpaired) electrons. The third-order valence-corrected chi connectivity index (χ3v) is 5.78. The molecule has 0 atom stereocenters. The zero-order chi connectivity index (χ0) is 22.6. The van der Waals surface area contributed by atoms with Gasteiger partial charge in [-0.1, -0.05) is 17.8 Å². The van der Waals surface area contributed by atoms with E-state index < -0.39 is 0 Å². The van der Waals surface area contributed by atoms with Crippen LogP contribution in [-0.2, 0) is 4.79 Å². The fourth-order valence-electron chi connectivity index (χ4n) is 3.29. The largest absolute Gasteiger partial charge is 0.497 e. The molecule has 0 aliphatic carbocycles. The van der Waals surface area contributed by atoms with Crippen LogP contribution in [0.5, 0.6) is 17.2 Å². The number of ether oxygens (including phenoxy) is 3. The first-order valence-corrected chi connectivity index (χ1v) is 11.0. The number of pyridine rings is 1. The van der Waals surface area contributed by atoms with E-state index in [1.807, 2.05) is 47.0 Å². The SMILES string of the molecule is COc1ccc(-n2c(SCC(=O)Nc3ccc4c(c3)OCO4)nnc2-c2ccccn2)cc1. The van der Waals surface area contributed by atoms with Crippen molar-refractivity contribution in [2.75, 3.05) is 25.0 Å². The Balaban J connectivity index is 1.37. The molecule has 3 heterocycles. The van der Waals surface area contributed by atoms with Gasteiger partial charge in [0, 0.05) is 18.0 Å². The summed E-state index contributed by atoms with van der Waals surface area (Å²) in [4.78, 5) is 17.0. The van der Waals surface area contributed by atoms with Gasteiger partial charge in [-0.2, -0.15) is 0 Å². The third-order valence-electron chi connectivity index (χ3n) is 4.85. The van der Waals surface area contributed by atoms with Gasteiger partial charge in [-0.25, -0.2) is 0 Å². The molecule has 0 fully saturated rings. The number of carbonyl (C=O) groups is 1. The van der Waals surface area contributed by atoms with Gasteiger partial charge < -0.3 is 19.5 Å². The summed E-state index contributed by atoms with van der Waals surface area (Å²) in [6.45, 7) is 0.183. The van der Waals surface area contributed by atoms with Crippen LogP contribution in [0.3, 0.4) is 0 Å². The van der Waals surface area contributed by atoms with Crippen LogP contribution in [-0.4, -0.2) is 45.3 Å². The zero-order valence-corrected chi connectivity index (χ0v) is 18.4. The predicted molar refractivity (Wildman–Crippen MR) is 123 cm³/mol. The van der Waals surface area contributed by atoms with Gasteiger partial charge in [0.2, 0.25) is 12.7 Å². The van der Waals surface area contributed by atoms with Crippen molar-refractivity contribution in [3.63, 3.8) is 0 Å². The Bertz CT molecular complexity index is 1280. The summed E-state index contributed by atoms with van der Waals surface area (Å²) in [6, 6.07) is 18.4. The molecule has 33 heavy (non-hydrogen) atoms. The summed E-state index contributed by atoms with van der Waals surface area (Å²) in [5.74, 6) is 2.56. The second kappa shape index (κ2) is 9.21. The molecule has 0 spiro atoms. The van der Waals surface area contributed by atoms with Gasteiger partial charge in [0.25, 0.3) is 0 Å². The van der Waals surface area contributed by atoms with Gasteiger partial charge >= 0.3 is 0 Å². The van der Waals surface area contributed by atoms with E-state index >= 15 is 0 Å². The monoisotopic (exact) mass is 461 g/mol. The van der Waals surface area contributed by atoms with Crippen LogP contribution in [0.2, 0.25) is 0 Å². The topological polar surface area (TPSA) is 100 Å². The van der Waals surface area contributed by atoms with E-state index in [9.17, 15) is 4.79 Å². The van der Waals surface area contributed by atoms with Crippen LogP contribution in [0.1, 0.15) is 0 Å². The molecule has 10 heteroatoms. The van der Waals surface area contributed by atoms with Gasteiger partial charge in [-0.05, 0) is 48.5 Å². The van der Waals surface area contributed by atoms with Gasteiger partial charge in [0.05, 0.1) is 18.6 Å². The Hall–Kier alpha value is -4.05. The van der Waals surface area contributed by atoms with Crippen molar-refractivity contribution in [3.05, 3.63) is 66.9 Å². The molecule has 1 amide bonds. The number of rotatable bonds is 7. The highest BCUT2D eigenvalue weighted by Crippen LogP contribution is 2.34. The Kier molecular flexibility index (Phi) is 5.81. The summed E-state index contributed by atoms with van der Waals surface area (Å²) < 4.78 is 17.8. The fourth-order valence-corrected chi connectivity index (χ4v) is 4.04. The summed E-state index contributed by atoms with van der Waals surface area (Å²) in [5.41, 5.74) is 2.15. The lowest BCUT2D eigenvalue weighted by molar-refractivity contribution is -0.113. The molecule has 1 aliphatic rings. The van der Waals surface area contributed by atoms with E-state index in [1.165, 1.54) is 11.8 Å². The van der Waals surface area contributed by atoms with Crippen LogP contribution in [0.4, 0.5) is 5.69 Å². The normalized spacial score (nSPS) is 11.9. The molecule has 4 aromatic rings. The summed E-state index contributed by atoms with van der Waals surface area (Å²) in [5, 5.41) is 12.1. The van der Waals surface area contributed by atoms with Crippen molar-refractivity contribution in [2.24, 2.45) is 0 Å². The predicted octanol–water partition coefficient (Wildman–Crippen LogP) is 3.80. The third kappa shape index (κ3) is 4.46. The number of nitrogens with zero attached hydrogens (tertiary/aromatic N) is 4. The van der Waals surface area contributed by atoms with Crippen molar-refractivity contribution in [2.45, 2.75) is 5.16 Å². The van der Waals surface area contributed by atoms with Crippen molar-refractivity contribution in [3.8, 4) is 34.5 Å². The number of carbonyl (C=O) groups excluding carboxylic acids is 1. The van der Waals surface area contributed by atoms with Crippen LogP contribution < -0.4 is 19.5 Å². The number of thioether (sulfide) groups is 1. The molecule has 0 bridgehead atoms. The number of hydrogen-bond donors (Lipinski definition) is 1. The average molecular weight is 462 g/mol. The smallest absolute Gasteiger partial charge is 0.234 e. The second-order valence-electron chi connectivity index (χ2n) is 6.96. The number of benzene rings is 2. The standard InChI is InChI=1S/C23H19N5O4S/c1-30-17-8-6-16(7-9-17)28-22(18-4-2-3-11-24-18)26-27-23(28)33-13-21(29)25-15-5-10-19-20(12-15)32-14-31-19/h2-12H,13-14H2,1H3,(H,25,29). The number of amides is 1. The molecule has 166 valence electrons. The molecule has 1 N–H and O–H groups in total. The number of aromatic nitrogens is 4. The zero-order valence-electron chi connectivity index (χ0n) is 17.6. The minimum Gasteiger partial charge on any atom is -0.497 e. The van der Waals surface area contributed by atoms with E-state index in [0.29, 0.717) is 33.9 Å². The second-order valence-corrected chi connectivity index (χ2v) is 7.90. The van der Waals surface area contributed by atoms with Crippen molar-refractivity contribution < 1.29 is 19.0 Å². The number of nitrogens with one attached hydrogen (secondary N) is 1. The van der Waals surface area contributed by atoms with E-state index in [2.05, 4.69) is 20.5 Å². The summed E-state index contributed by atoms with van der Waals surface area (Å²) in [6.07, 6.45) is 1.70. The first-order valence-electron chi connectivity index (χ1n) is 10.0. The highest BCUT2D eigenvalue weighted by molar-refractivity contribution is 7.99. The fraction of sp³-hybridized carbons (Fsp3) is 0.130. The van der Waals surface area contributed by atoms with E-state index in [-0.39, 0.29) is 18.5 Å². The quantitative estimate of drug-likeness (QED) is 0.415. The van der Waals surface area contributed by atoms with Gasteiger partial charge in [0.15, 0.2) is 22.5 Å². The molecule has 0 saturated carbocycles. The van der Waals surface area contributed by atoms with Crippen LogP contribution >= 0.6 is 11.8 Å². The van der Waals surface area contributed by atoms with Gasteiger partial charge in [0.1, 0.15) is 11.4 Å². The van der Waals surface area contributed by atoms with Crippen LogP contribution in [0.25, 0.3) is 17.2 Å². The number of hydrogen-bond acceptors (Lipinski definition) is 8. The summed E-state index contributed by atoms with van der Waals surface area (Å²) >= 11 is 1.28. The maximum atomic E-state index is 12.6. The molecule has 0 unspecified atom stereocenters. The van der Waals surface area contributed by atoms with Crippen molar-refractivity contribution >= 4 is 23.4 Å². The minimum atomic E-state index is -0.178. The van der Waals surface area contributed by atoms with Crippen LogP contribution in [0, 0.1) is 0 Å². The molecule has 9 nitrogen and oxygen atoms in total. The van der Waals surface area contributed by atoms with Gasteiger partial charge in [-0.3, -0.25) is 14.3 Å². The van der Waals surface area contributed by atoms with Crippen molar-refractivity contribution in [1.82, 2.24) is 19.7 Å². The molecule has 1 aliphatic heterocycles. The van der Waals surface area contributed by atoms with E-state index in [1.54, 1.807) is 31.5 Å². The number of fused-ring (bicyclic) bond motifs is 1. The van der Waals surface area contributed by atoms with Gasteiger partial charge in [-0.15, -0.1) is 10.2 Å². The lowest BCUT2D eigenvalue weighted by Gasteiger charge is -2.11. The highest BCUT2D eigenvalue weighted by atomic mass is 32.2. The Morgan fingerprint density at radius 2 is 1.94 bits per heavy atom. The molecule has 2 aromatic heterocycles. The van der Waals surface area contributed by atoms with E-state index in [0.717, 1.165) is 11.4 Å². The Labute approximate surface area is 193 Å². The molecular weight excluding hydrogens is 442 g/mol. The maximum absolute atomic E-state index is 12.6. The molecular formula is C23H19N5O4S. The number of anilines is 1. The Morgan fingerprint density at radius 1 is 1.09 bits per heavy atom. The first-order chi connectivity index (χ1) is 16.2. The molecule has 0 saturated heterocycles. The van der Waals surface area contributed by atoms with E-state index in [4.69, 9.17) is 14.2 Å². The lowest BCUT2D eigenvalue weighted by Crippen LogP contribution is -2.14. The Morgan fingerprint density at radius 3 is 2.73 bits per heavy atom. The van der Waals surface area contributed by atoms with Crippen LogP contribution in [0.15, 0.2) is 72.0 Å².